The molecule has 35 heavy (non-hydrogen) atoms. The summed E-state index contributed by atoms with van der Waals surface area (Å²) in [6, 6.07) is 4.61. The molecule has 0 spiro atoms. The van der Waals surface area contributed by atoms with Gasteiger partial charge in [-0.25, -0.2) is 9.59 Å². The number of likely N-dealkylation sites (N-methyl/N-ethyl adjacent to an activating group) is 1. The van der Waals surface area contributed by atoms with Crippen LogP contribution >= 0.6 is 0 Å². The van der Waals surface area contributed by atoms with E-state index in [9.17, 15) is 24.0 Å². The van der Waals surface area contributed by atoms with Gasteiger partial charge in [-0.3, -0.25) is 28.8 Å². The minimum Gasteiger partial charge on any atom is -0.464 e. The van der Waals surface area contributed by atoms with Crippen molar-refractivity contribution >= 4 is 34.9 Å². The molecule has 1 aliphatic rings. The number of benzene rings is 1. The van der Waals surface area contributed by atoms with Crippen molar-refractivity contribution in [1.82, 2.24) is 19.4 Å². The molecule has 1 aromatic carbocycles. The number of ether oxygens (including phenoxy) is 2. The van der Waals surface area contributed by atoms with Crippen molar-refractivity contribution in [2.75, 3.05) is 20.2 Å². The van der Waals surface area contributed by atoms with E-state index in [0.29, 0.717) is 17.5 Å². The zero-order valence-corrected chi connectivity index (χ0v) is 20.8. The summed E-state index contributed by atoms with van der Waals surface area (Å²) in [5.41, 5.74) is 1.10. The quantitative estimate of drug-likeness (QED) is 0.464. The predicted octanol–water partition coefficient (Wildman–Crippen LogP) is 1.66. The summed E-state index contributed by atoms with van der Waals surface area (Å²) >= 11 is 0. The molecule has 1 atom stereocenters. The van der Waals surface area contributed by atoms with Crippen molar-refractivity contribution in [2.24, 2.45) is 7.05 Å². The first-order chi connectivity index (χ1) is 16.4. The van der Waals surface area contributed by atoms with Crippen LogP contribution in [0.3, 0.4) is 0 Å². The summed E-state index contributed by atoms with van der Waals surface area (Å²) in [5.74, 6) is -1.23. The largest absolute Gasteiger partial charge is 0.464 e. The van der Waals surface area contributed by atoms with Crippen LogP contribution in [0.15, 0.2) is 23.0 Å². The lowest BCUT2D eigenvalue weighted by Gasteiger charge is -2.24. The fourth-order valence-corrected chi connectivity index (χ4v) is 3.84. The molecule has 1 saturated heterocycles. The second kappa shape index (κ2) is 10.3. The van der Waals surface area contributed by atoms with Crippen LogP contribution in [-0.2, 0) is 37.3 Å². The number of carbonyl (C=O) groups is 4. The Kier molecular flexibility index (Phi) is 7.67. The lowest BCUT2D eigenvalue weighted by atomic mass is 10.1. The monoisotopic (exact) mass is 488 g/mol. The first-order valence-corrected chi connectivity index (χ1v) is 11.5. The Morgan fingerprint density at radius 3 is 2.54 bits per heavy atom. The molecule has 0 saturated carbocycles. The number of esters is 1. The molecule has 11 heteroatoms. The van der Waals surface area contributed by atoms with Crippen molar-refractivity contribution in [2.45, 2.75) is 58.1 Å². The molecular formula is C24H32N4O7. The fourth-order valence-electron chi connectivity index (χ4n) is 3.84. The number of aryl methyl sites for hydroxylation is 2. The van der Waals surface area contributed by atoms with E-state index < -0.39 is 29.6 Å². The van der Waals surface area contributed by atoms with E-state index in [1.165, 1.54) is 14.0 Å². The summed E-state index contributed by atoms with van der Waals surface area (Å²) in [5, 5.41) is 2.29. The SMILES string of the molecule is CN(CCOC(=O)CCc1ccc2c(c1)n(C)c(=O)n2C1CCC(=O)NC1=O)C(=O)OC(C)(C)C. The van der Waals surface area contributed by atoms with Crippen LogP contribution in [0.25, 0.3) is 11.0 Å². The Balaban J connectivity index is 1.59. The molecular weight excluding hydrogens is 456 g/mol. The molecule has 1 unspecified atom stereocenters. The first kappa shape index (κ1) is 26.0. The lowest BCUT2D eigenvalue weighted by Crippen LogP contribution is -2.44. The molecule has 11 nitrogen and oxygen atoms in total. The highest BCUT2D eigenvalue weighted by atomic mass is 16.6. The van der Waals surface area contributed by atoms with E-state index in [2.05, 4.69) is 5.32 Å². The number of fused-ring (bicyclic) bond motifs is 1. The molecule has 2 aromatic rings. The number of amides is 3. The summed E-state index contributed by atoms with van der Waals surface area (Å²) < 4.78 is 13.3. The van der Waals surface area contributed by atoms with Gasteiger partial charge in [0.15, 0.2) is 0 Å². The third-order valence-electron chi connectivity index (χ3n) is 5.69. The lowest BCUT2D eigenvalue weighted by molar-refractivity contribution is -0.144. The normalized spacial score (nSPS) is 16.2. The maximum atomic E-state index is 12.8. The van der Waals surface area contributed by atoms with Gasteiger partial charge in [-0.2, -0.15) is 0 Å². The summed E-state index contributed by atoms with van der Waals surface area (Å²) in [6.45, 7) is 5.59. The molecule has 3 rings (SSSR count). The Bertz CT molecular complexity index is 1200. The van der Waals surface area contributed by atoms with E-state index in [4.69, 9.17) is 9.47 Å². The molecule has 190 valence electrons. The fraction of sp³-hybridized carbons (Fsp3) is 0.542. The van der Waals surface area contributed by atoms with E-state index in [1.54, 1.807) is 47.0 Å². The second-order valence-electron chi connectivity index (χ2n) is 9.62. The molecule has 2 heterocycles. The molecule has 0 aliphatic carbocycles. The van der Waals surface area contributed by atoms with E-state index in [-0.39, 0.29) is 44.0 Å². The maximum Gasteiger partial charge on any atom is 0.410 e. The molecule has 1 N–H and O–H groups in total. The van der Waals surface area contributed by atoms with Gasteiger partial charge in [-0.1, -0.05) is 6.07 Å². The molecule has 1 aliphatic heterocycles. The highest BCUT2D eigenvalue weighted by Gasteiger charge is 2.31. The topological polar surface area (TPSA) is 129 Å². The van der Waals surface area contributed by atoms with Crippen LogP contribution in [-0.4, -0.2) is 63.7 Å². The summed E-state index contributed by atoms with van der Waals surface area (Å²) in [4.78, 5) is 62.1. The van der Waals surface area contributed by atoms with Gasteiger partial charge in [0.2, 0.25) is 11.8 Å². The molecule has 0 radical (unpaired) electrons. The highest BCUT2D eigenvalue weighted by Crippen LogP contribution is 2.24. The van der Waals surface area contributed by atoms with Gasteiger partial charge in [0.25, 0.3) is 0 Å². The van der Waals surface area contributed by atoms with Gasteiger partial charge in [-0.05, 0) is 51.3 Å². The van der Waals surface area contributed by atoms with E-state index >= 15 is 0 Å². The standard InChI is InChI=1S/C24H32N4O7/c1-24(2,3)35-23(33)26(4)12-13-34-20(30)11-7-15-6-8-16-18(14-15)27(5)22(32)28(16)17-9-10-19(29)25-21(17)31/h6,8,14,17H,7,9-13H2,1-5H3,(H,25,29,31). The average molecular weight is 489 g/mol. The van der Waals surface area contributed by atoms with Crippen LogP contribution in [0.5, 0.6) is 0 Å². The third-order valence-corrected chi connectivity index (χ3v) is 5.69. The number of imide groups is 1. The molecule has 1 fully saturated rings. The number of aromatic nitrogens is 2. The number of imidazole rings is 1. The Labute approximate surface area is 203 Å². The number of hydrogen-bond donors (Lipinski definition) is 1. The van der Waals surface area contributed by atoms with Crippen LogP contribution in [0.4, 0.5) is 4.79 Å². The Hall–Kier alpha value is -3.63. The van der Waals surface area contributed by atoms with Crippen molar-refractivity contribution in [3.05, 3.63) is 34.2 Å². The van der Waals surface area contributed by atoms with E-state index in [1.807, 2.05) is 6.07 Å². The Morgan fingerprint density at radius 1 is 1.17 bits per heavy atom. The maximum absolute atomic E-state index is 12.8. The van der Waals surface area contributed by atoms with Gasteiger partial charge >= 0.3 is 17.8 Å². The van der Waals surface area contributed by atoms with Gasteiger partial charge in [0.1, 0.15) is 18.2 Å². The second-order valence-corrected chi connectivity index (χ2v) is 9.62. The van der Waals surface area contributed by atoms with Crippen molar-refractivity contribution in [3.8, 4) is 0 Å². The van der Waals surface area contributed by atoms with Gasteiger partial charge < -0.3 is 14.4 Å². The van der Waals surface area contributed by atoms with Crippen LogP contribution in [0.2, 0.25) is 0 Å². The van der Waals surface area contributed by atoms with Gasteiger partial charge in [0.05, 0.1) is 17.6 Å². The average Bonchev–Trinajstić information content (AvgIpc) is 3.01. The highest BCUT2D eigenvalue weighted by molar-refractivity contribution is 6.00. The first-order valence-electron chi connectivity index (χ1n) is 11.5. The van der Waals surface area contributed by atoms with Crippen molar-refractivity contribution < 1.29 is 28.7 Å². The van der Waals surface area contributed by atoms with E-state index in [0.717, 1.165) is 5.56 Å². The van der Waals surface area contributed by atoms with Crippen molar-refractivity contribution in [3.63, 3.8) is 0 Å². The van der Waals surface area contributed by atoms with Crippen molar-refractivity contribution in [1.29, 1.82) is 0 Å². The number of piperidine rings is 1. The van der Waals surface area contributed by atoms with Crippen LogP contribution in [0, 0.1) is 0 Å². The van der Waals surface area contributed by atoms with Gasteiger partial charge in [0, 0.05) is 26.9 Å². The summed E-state index contributed by atoms with van der Waals surface area (Å²) in [7, 11) is 3.19. The minimum atomic E-state index is -0.747. The predicted molar refractivity (Wildman–Crippen MR) is 127 cm³/mol. The van der Waals surface area contributed by atoms with Crippen LogP contribution < -0.4 is 11.0 Å². The number of hydrogen-bond acceptors (Lipinski definition) is 7. The number of nitrogens with one attached hydrogen (secondary N) is 1. The Morgan fingerprint density at radius 2 is 1.89 bits per heavy atom. The number of carbonyl (C=O) groups excluding carboxylic acids is 4. The van der Waals surface area contributed by atoms with Crippen LogP contribution in [0.1, 0.15) is 51.6 Å². The minimum absolute atomic E-state index is 0.0525. The number of nitrogens with zero attached hydrogens (tertiary/aromatic N) is 3. The molecule has 3 amide bonds. The van der Waals surface area contributed by atoms with Gasteiger partial charge in [-0.15, -0.1) is 0 Å². The zero-order valence-electron chi connectivity index (χ0n) is 20.8. The zero-order chi connectivity index (χ0) is 25.9. The smallest absolute Gasteiger partial charge is 0.410 e. The summed E-state index contributed by atoms with van der Waals surface area (Å²) in [6.07, 6.45) is 0.474. The molecule has 1 aromatic heterocycles. The molecule has 0 bridgehead atoms. The third kappa shape index (κ3) is 6.28. The number of rotatable bonds is 7.